The molecule has 0 spiro atoms. The molecule has 0 radical (unpaired) electrons. The van der Waals surface area contributed by atoms with Crippen LogP contribution in [0.15, 0.2) is 53.4 Å². The maximum Gasteiger partial charge on any atom is 0.294 e. The average molecular weight is 306 g/mol. The lowest BCUT2D eigenvalue weighted by atomic mass is 10.1. The molecule has 5 heteroatoms. The third kappa shape index (κ3) is 4.67. The molecule has 0 fully saturated rings. The van der Waals surface area contributed by atoms with Crippen LogP contribution in [0.1, 0.15) is 16.7 Å². The van der Waals surface area contributed by atoms with E-state index in [4.69, 9.17) is 9.29 Å². The molecule has 0 aliphatic carbocycles. The van der Waals surface area contributed by atoms with Gasteiger partial charge in [-0.05, 0) is 42.2 Å². The van der Waals surface area contributed by atoms with Crippen molar-refractivity contribution < 1.29 is 17.7 Å². The first-order valence-corrected chi connectivity index (χ1v) is 8.09. The molecular weight excluding hydrogens is 288 g/mol. The minimum absolute atomic E-state index is 0.0776. The highest BCUT2D eigenvalue weighted by Gasteiger charge is 2.11. The Morgan fingerprint density at radius 1 is 1.10 bits per heavy atom. The lowest BCUT2D eigenvalue weighted by molar-refractivity contribution is 0.123. The fourth-order valence-corrected chi connectivity index (χ4v) is 2.56. The van der Waals surface area contributed by atoms with Crippen molar-refractivity contribution in [3.05, 3.63) is 65.2 Å². The van der Waals surface area contributed by atoms with Crippen molar-refractivity contribution in [1.29, 1.82) is 0 Å². The number of benzene rings is 2. The van der Waals surface area contributed by atoms with Gasteiger partial charge in [-0.15, -0.1) is 0 Å². The molecular formula is C16H18O4S. The van der Waals surface area contributed by atoms with E-state index in [2.05, 4.69) is 0 Å². The maximum atomic E-state index is 11.1. The van der Waals surface area contributed by atoms with E-state index in [0.29, 0.717) is 19.6 Å². The van der Waals surface area contributed by atoms with Crippen LogP contribution in [0, 0.1) is 6.92 Å². The number of hydrogen-bond donors (Lipinski definition) is 1. The molecule has 0 saturated heterocycles. The highest BCUT2D eigenvalue weighted by atomic mass is 32.2. The molecule has 2 aromatic carbocycles. The van der Waals surface area contributed by atoms with Crippen LogP contribution >= 0.6 is 0 Å². The largest absolute Gasteiger partial charge is 0.376 e. The van der Waals surface area contributed by atoms with Gasteiger partial charge in [0.2, 0.25) is 0 Å². The molecule has 0 bridgehead atoms. The first-order chi connectivity index (χ1) is 9.97. The van der Waals surface area contributed by atoms with Crippen molar-refractivity contribution >= 4 is 10.1 Å². The molecule has 0 unspecified atom stereocenters. The van der Waals surface area contributed by atoms with Crippen molar-refractivity contribution in [2.75, 3.05) is 6.61 Å². The van der Waals surface area contributed by atoms with Crippen molar-refractivity contribution in [2.24, 2.45) is 0 Å². The zero-order chi connectivity index (χ0) is 15.3. The standard InChI is InChI=1S/C16H18O4S/c1-13-7-8-16(21(17,18)19)11-15(13)9-10-20-12-14-5-3-2-4-6-14/h2-8,11H,9-10,12H2,1H3,(H,17,18,19). The van der Waals surface area contributed by atoms with E-state index in [1.165, 1.54) is 12.1 Å². The molecule has 0 atom stereocenters. The second-order valence-electron chi connectivity index (χ2n) is 4.85. The van der Waals surface area contributed by atoms with Gasteiger partial charge in [0.25, 0.3) is 10.1 Å². The molecule has 112 valence electrons. The second-order valence-corrected chi connectivity index (χ2v) is 6.27. The van der Waals surface area contributed by atoms with Crippen LogP contribution in [0.5, 0.6) is 0 Å². The average Bonchev–Trinajstić information content (AvgIpc) is 2.45. The highest BCUT2D eigenvalue weighted by Crippen LogP contribution is 2.16. The monoisotopic (exact) mass is 306 g/mol. The lowest BCUT2D eigenvalue weighted by Gasteiger charge is -2.08. The quantitative estimate of drug-likeness (QED) is 0.658. The minimum atomic E-state index is -4.16. The SMILES string of the molecule is Cc1ccc(S(=O)(=O)O)cc1CCOCc1ccccc1. The summed E-state index contributed by atoms with van der Waals surface area (Å²) in [6.45, 7) is 2.92. The summed E-state index contributed by atoms with van der Waals surface area (Å²) in [6.07, 6.45) is 0.599. The summed E-state index contributed by atoms with van der Waals surface area (Å²) in [7, 11) is -4.16. The molecule has 1 N–H and O–H groups in total. The Morgan fingerprint density at radius 3 is 2.48 bits per heavy atom. The van der Waals surface area contributed by atoms with Gasteiger partial charge in [-0.1, -0.05) is 36.4 Å². The van der Waals surface area contributed by atoms with Crippen LogP contribution in [0.3, 0.4) is 0 Å². The molecule has 0 aliphatic rings. The Bertz CT molecular complexity index is 693. The molecule has 0 amide bonds. The fourth-order valence-electron chi connectivity index (χ4n) is 2.02. The smallest absolute Gasteiger partial charge is 0.294 e. The normalized spacial score (nSPS) is 11.5. The minimum Gasteiger partial charge on any atom is -0.376 e. The van der Waals surface area contributed by atoms with E-state index < -0.39 is 10.1 Å². The first-order valence-electron chi connectivity index (χ1n) is 6.65. The van der Waals surface area contributed by atoms with Crippen molar-refractivity contribution in [3.63, 3.8) is 0 Å². The molecule has 0 aliphatic heterocycles. The lowest BCUT2D eigenvalue weighted by Crippen LogP contribution is -2.04. The molecule has 2 aromatic rings. The summed E-state index contributed by atoms with van der Waals surface area (Å²) in [6, 6.07) is 14.4. The van der Waals surface area contributed by atoms with E-state index >= 15 is 0 Å². The molecule has 0 heterocycles. The van der Waals surface area contributed by atoms with Gasteiger partial charge in [0.05, 0.1) is 18.1 Å². The Hall–Kier alpha value is -1.69. The highest BCUT2D eigenvalue weighted by molar-refractivity contribution is 7.85. The van der Waals surface area contributed by atoms with Gasteiger partial charge in [-0.2, -0.15) is 8.42 Å². The molecule has 4 nitrogen and oxygen atoms in total. The predicted molar refractivity (Wildman–Crippen MR) is 80.8 cm³/mol. The third-order valence-electron chi connectivity index (χ3n) is 3.25. The summed E-state index contributed by atoms with van der Waals surface area (Å²) in [5.74, 6) is 0. The summed E-state index contributed by atoms with van der Waals surface area (Å²) < 4.78 is 36.9. The third-order valence-corrected chi connectivity index (χ3v) is 4.10. The zero-order valence-corrected chi connectivity index (χ0v) is 12.6. The van der Waals surface area contributed by atoms with E-state index in [9.17, 15) is 8.42 Å². The van der Waals surface area contributed by atoms with Gasteiger partial charge in [-0.3, -0.25) is 4.55 Å². The Kier molecular flexibility index (Phi) is 5.12. The number of rotatable bonds is 6. The molecule has 21 heavy (non-hydrogen) atoms. The van der Waals surface area contributed by atoms with E-state index in [0.717, 1.165) is 16.7 Å². The topological polar surface area (TPSA) is 63.6 Å². The molecule has 2 rings (SSSR count). The van der Waals surface area contributed by atoms with Crippen molar-refractivity contribution in [3.8, 4) is 0 Å². The summed E-state index contributed by atoms with van der Waals surface area (Å²) in [5, 5.41) is 0. The van der Waals surface area contributed by atoms with Gasteiger partial charge in [-0.25, -0.2) is 0 Å². The Balaban J connectivity index is 1.94. The summed E-state index contributed by atoms with van der Waals surface area (Å²) in [4.78, 5) is -0.0776. The van der Waals surface area contributed by atoms with Crippen LogP contribution in [0.2, 0.25) is 0 Å². The molecule has 0 aromatic heterocycles. The van der Waals surface area contributed by atoms with Crippen LogP contribution in [0.25, 0.3) is 0 Å². The Labute approximate surface area is 125 Å². The summed E-state index contributed by atoms with van der Waals surface area (Å²) >= 11 is 0. The maximum absolute atomic E-state index is 11.1. The fraction of sp³-hybridized carbons (Fsp3) is 0.250. The van der Waals surface area contributed by atoms with Gasteiger partial charge in [0.15, 0.2) is 0 Å². The predicted octanol–water partition coefficient (Wildman–Crippen LogP) is 3.00. The second kappa shape index (κ2) is 6.85. The molecule has 0 saturated carbocycles. The zero-order valence-electron chi connectivity index (χ0n) is 11.8. The van der Waals surface area contributed by atoms with Crippen LogP contribution in [-0.4, -0.2) is 19.6 Å². The van der Waals surface area contributed by atoms with Gasteiger partial charge in [0.1, 0.15) is 0 Å². The van der Waals surface area contributed by atoms with Crippen LogP contribution in [-0.2, 0) is 27.9 Å². The van der Waals surface area contributed by atoms with Crippen LogP contribution < -0.4 is 0 Å². The van der Waals surface area contributed by atoms with E-state index in [1.807, 2.05) is 37.3 Å². The van der Waals surface area contributed by atoms with Crippen LogP contribution in [0.4, 0.5) is 0 Å². The van der Waals surface area contributed by atoms with Gasteiger partial charge >= 0.3 is 0 Å². The Morgan fingerprint density at radius 2 is 1.81 bits per heavy atom. The van der Waals surface area contributed by atoms with E-state index in [-0.39, 0.29) is 4.90 Å². The van der Waals surface area contributed by atoms with Crippen molar-refractivity contribution in [2.45, 2.75) is 24.8 Å². The number of ether oxygens (including phenoxy) is 1. The van der Waals surface area contributed by atoms with Crippen molar-refractivity contribution in [1.82, 2.24) is 0 Å². The van der Waals surface area contributed by atoms with Gasteiger partial charge < -0.3 is 4.74 Å². The number of aryl methyl sites for hydroxylation is 1. The summed E-state index contributed by atoms with van der Waals surface area (Å²) in [5.41, 5.74) is 2.94. The first kappa shape index (κ1) is 15.7. The van der Waals surface area contributed by atoms with E-state index in [1.54, 1.807) is 6.07 Å². The number of hydrogen-bond acceptors (Lipinski definition) is 3. The van der Waals surface area contributed by atoms with Gasteiger partial charge in [0, 0.05) is 0 Å².